The number of rotatable bonds is 10. The maximum absolute atomic E-state index is 13.1. The summed E-state index contributed by atoms with van der Waals surface area (Å²) in [5, 5.41) is 18.2. The zero-order valence-corrected chi connectivity index (χ0v) is 27.9. The standard InChI is InChI=1S/C28H37N7O3.2C3H8/c1-7-8-13-29-22(5)34-14-12-23-16-26(38-6)25(15-24(23)17-34)28(37)30-20(3)11-9-10-19(2)27-31-32-33-35(27)21(4)18-36;2*1-3-2/h7-11,13,15-16,21,32-33,36H,1,3,12,14,17-18H2,2,4-6H3,(H,30,37);2*3H2,1-2H3/b11-9-,13-8-,19-10+,29-22?;;. The normalized spacial score (nSPS) is 15.3. The van der Waals surface area contributed by atoms with Crippen molar-refractivity contribution >= 4 is 17.6 Å². The molecule has 1 atom stereocenters. The molecule has 2 aliphatic rings. The Hall–Kier alpha value is -4.15. The first kappa shape index (κ1) is 37.9. The molecule has 1 aromatic rings. The van der Waals surface area contributed by atoms with Gasteiger partial charge in [0.15, 0.2) is 5.84 Å². The molecule has 242 valence electrons. The van der Waals surface area contributed by atoms with Gasteiger partial charge in [0.1, 0.15) is 11.6 Å². The maximum atomic E-state index is 13.1. The molecule has 0 radical (unpaired) electrons. The number of amides is 1. The third-order valence-electron chi connectivity index (χ3n) is 6.26. The van der Waals surface area contributed by atoms with Crippen molar-refractivity contribution in [2.75, 3.05) is 20.3 Å². The number of aliphatic hydroxyl groups excluding tert-OH is 1. The molecule has 10 heteroatoms. The molecule has 1 unspecified atom stereocenters. The predicted molar refractivity (Wildman–Crippen MR) is 183 cm³/mol. The van der Waals surface area contributed by atoms with Gasteiger partial charge in [0.2, 0.25) is 0 Å². The van der Waals surface area contributed by atoms with Crippen LogP contribution in [-0.2, 0) is 13.0 Å². The summed E-state index contributed by atoms with van der Waals surface area (Å²) in [6.45, 7) is 23.3. The summed E-state index contributed by atoms with van der Waals surface area (Å²) < 4.78 is 5.54. The van der Waals surface area contributed by atoms with E-state index in [1.54, 1.807) is 42.6 Å². The number of fused-ring (bicyclic) bond motifs is 1. The van der Waals surface area contributed by atoms with Crippen LogP contribution < -0.4 is 21.1 Å². The monoisotopic (exact) mass is 607 g/mol. The summed E-state index contributed by atoms with van der Waals surface area (Å²) in [5.74, 6) is 1.80. The van der Waals surface area contributed by atoms with Crippen molar-refractivity contribution in [3.63, 3.8) is 0 Å². The lowest BCUT2D eigenvalue weighted by atomic mass is 9.96. The lowest BCUT2D eigenvalue weighted by Crippen LogP contribution is -2.48. The van der Waals surface area contributed by atoms with E-state index in [2.05, 4.69) is 72.2 Å². The number of hydrogen-bond acceptors (Lipinski definition) is 8. The topological polar surface area (TPSA) is 114 Å². The van der Waals surface area contributed by atoms with Crippen LogP contribution in [-0.4, -0.2) is 58.9 Å². The van der Waals surface area contributed by atoms with Gasteiger partial charge in [0.05, 0.1) is 25.3 Å². The number of hydrazine groups is 2. The second kappa shape index (κ2) is 20.7. The van der Waals surface area contributed by atoms with Gasteiger partial charge in [-0.15, -0.1) is 10.6 Å². The maximum Gasteiger partial charge on any atom is 0.259 e. The number of nitrogens with one attached hydrogen (secondary N) is 3. The van der Waals surface area contributed by atoms with Crippen molar-refractivity contribution in [2.24, 2.45) is 10.1 Å². The molecule has 0 spiro atoms. The summed E-state index contributed by atoms with van der Waals surface area (Å²) in [6.07, 6.45) is 13.9. The summed E-state index contributed by atoms with van der Waals surface area (Å²) in [7, 11) is 1.56. The summed E-state index contributed by atoms with van der Waals surface area (Å²) in [6, 6.07) is 3.67. The first-order chi connectivity index (χ1) is 21.1. The van der Waals surface area contributed by atoms with E-state index in [9.17, 15) is 9.90 Å². The fourth-order valence-electron chi connectivity index (χ4n) is 4.06. The molecule has 1 amide bonds. The lowest BCUT2D eigenvalue weighted by Gasteiger charge is -2.31. The lowest BCUT2D eigenvalue weighted by molar-refractivity contribution is 0.0964. The molecule has 0 saturated carbocycles. The van der Waals surface area contributed by atoms with E-state index < -0.39 is 0 Å². The molecular weight excluding hydrogens is 554 g/mol. The van der Waals surface area contributed by atoms with E-state index in [4.69, 9.17) is 4.74 Å². The molecule has 1 aromatic carbocycles. The zero-order valence-electron chi connectivity index (χ0n) is 27.9. The predicted octanol–water partition coefficient (Wildman–Crippen LogP) is 5.77. The SMILES string of the molecule is C=C/C=C\N=C(C)N1CCc2cc(OC)c(C(=O)NC(=C)/C=C\C=C(/C)C3=NNNN3C(C)CO)cc2C1.CCC.CCC. The molecule has 4 N–H and O–H groups in total. The van der Waals surface area contributed by atoms with Crippen LogP contribution in [0.25, 0.3) is 0 Å². The number of benzene rings is 1. The number of ether oxygens (including phenoxy) is 1. The Bertz CT molecular complexity index is 1250. The molecule has 0 aromatic heterocycles. The van der Waals surface area contributed by atoms with Gasteiger partial charge in [-0.3, -0.25) is 9.80 Å². The number of methoxy groups -OCH3 is 1. The molecular formula is C34H53N7O3. The second-order valence-corrected chi connectivity index (χ2v) is 10.4. The average molecular weight is 608 g/mol. The second-order valence-electron chi connectivity index (χ2n) is 10.4. The van der Waals surface area contributed by atoms with Crippen molar-refractivity contribution in [2.45, 2.75) is 80.3 Å². The molecule has 2 heterocycles. The van der Waals surface area contributed by atoms with Crippen LogP contribution in [0.2, 0.25) is 0 Å². The highest BCUT2D eigenvalue weighted by Crippen LogP contribution is 2.28. The third kappa shape index (κ3) is 11.9. The van der Waals surface area contributed by atoms with Gasteiger partial charge in [-0.05, 0) is 68.2 Å². The number of hydrogen-bond donors (Lipinski definition) is 4. The van der Waals surface area contributed by atoms with E-state index >= 15 is 0 Å². The Morgan fingerprint density at radius 2 is 1.89 bits per heavy atom. The molecule has 0 bridgehead atoms. The summed E-state index contributed by atoms with van der Waals surface area (Å²) in [5.41, 5.74) is 9.54. The van der Waals surface area contributed by atoms with Gasteiger partial charge in [0.25, 0.3) is 5.91 Å². The summed E-state index contributed by atoms with van der Waals surface area (Å²) >= 11 is 0. The summed E-state index contributed by atoms with van der Waals surface area (Å²) in [4.78, 5) is 19.8. The largest absolute Gasteiger partial charge is 0.496 e. The van der Waals surface area contributed by atoms with Crippen LogP contribution in [0.1, 0.15) is 82.8 Å². The van der Waals surface area contributed by atoms with Crippen LogP contribution in [0.15, 0.2) is 83.2 Å². The van der Waals surface area contributed by atoms with Gasteiger partial charge in [-0.1, -0.05) is 71.9 Å². The van der Waals surface area contributed by atoms with E-state index in [0.29, 0.717) is 29.4 Å². The van der Waals surface area contributed by atoms with Crippen LogP contribution in [0.5, 0.6) is 5.75 Å². The van der Waals surface area contributed by atoms with Crippen molar-refractivity contribution in [1.82, 2.24) is 26.3 Å². The fourth-order valence-corrected chi connectivity index (χ4v) is 4.06. The average Bonchev–Trinajstić information content (AvgIpc) is 3.51. The molecule has 0 aliphatic carbocycles. The highest BCUT2D eigenvalue weighted by molar-refractivity contribution is 5.99. The Balaban J connectivity index is 0.00000149. The number of allylic oxidation sites excluding steroid dienone is 5. The van der Waals surface area contributed by atoms with Crippen molar-refractivity contribution in [1.29, 1.82) is 0 Å². The van der Waals surface area contributed by atoms with Crippen molar-refractivity contribution in [3.8, 4) is 5.75 Å². The number of amidine groups is 2. The first-order valence-electron chi connectivity index (χ1n) is 15.2. The van der Waals surface area contributed by atoms with Crippen LogP contribution in [0.4, 0.5) is 0 Å². The molecule has 44 heavy (non-hydrogen) atoms. The van der Waals surface area contributed by atoms with E-state index in [1.807, 2.05) is 39.0 Å². The minimum absolute atomic E-state index is 0.0237. The Morgan fingerprint density at radius 1 is 1.20 bits per heavy atom. The Morgan fingerprint density at radius 3 is 2.50 bits per heavy atom. The Kier molecular flexibility index (Phi) is 17.8. The van der Waals surface area contributed by atoms with Crippen molar-refractivity contribution < 1.29 is 14.6 Å². The minimum atomic E-state index is -0.298. The van der Waals surface area contributed by atoms with Gasteiger partial charge in [0, 0.05) is 25.0 Å². The van der Waals surface area contributed by atoms with E-state index in [-0.39, 0.29) is 18.6 Å². The number of carbonyl (C=O) groups excluding carboxylic acids is 1. The number of hydrazone groups is 1. The molecule has 2 aliphatic heterocycles. The van der Waals surface area contributed by atoms with Crippen LogP contribution in [0, 0.1) is 0 Å². The number of aliphatic hydroxyl groups is 1. The quantitative estimate of drug-likeness (QED) is 0.152. The smallest absolute Gasteiger partial charge is 0.259 e. The first-order valence-corrected chi connectivity index (χ1v) is 15.2. The zero-order chi connectivity index (χ0) is 33.1. The number of carbonyl (C=O) groups is 1. The Labute approximate surface area is 264 Å². The molecule has 10 nitrogen and oxygen atoms in total. The van der Waals surface area contributed by atoms with Crippen LogP contribution >= 0.6 is 0 Å². The van der Waals surface area contributed by atoms with E-state index in [0.717, 1.165) is 35.5 Å². The van der Waals surface area contributed by atoms with Crippen molar-refractivity contribution in [3.05, 3.63) is 89.8 Å². The highest BCUT2D eigenvalue weighted by atomic mass is 16.5. The van der Waals surface area contributed by atoms with Gasteiger partial charge >= 0.3 is 0 Å². The molecule has 0 fully saturated rings. The number of aliphatic imine (C=N–C) groups is 1. The van der Waals surface area contributed by atoms with E-state index in [1.165, 1.54) is 12.8 Å². The number of nitrogens with zero attached hydrogens (tertiary/aromatic N) is 4. The fraction of sp³-hybridized carbons (Fsp3) is 0.441. The molecule has 0 saturated heterocycles. The minimum Gasteiger partial charge on any atom is -0.496 e. The van der Waals surface area contributed by atoms with Gasteiger partial charge in [-0.25, -0.2) is 10.5 Å². The van der Waals surface area contributed by atoms with Gasteiger partial charge in [-0.2, -0.15) is 0 Å². The molecule has 3 rings (SSSR count). The highest BCUT2D eigenvalue weighted by Gasteiger charge is 2.24. The van der Waals surface area contributed by atoms with Crippen LogP contribution in [0.3, 0.4) is 0 Å². The van der Waals surface area contributed by atoms with Gasteiger partial charge < -0.3 is 20.1 Å². The third-order valence-corrected chi connectivity index (χ3v) is 6.26.